The van der Waals surface area contributed by atoms with Crippen LogP contribution in [0.15, 0.2) is 12.3 Å². The summed E-state index contributed by atoms with van der Waals surface area (Å²) in [6.45, 7) is 4.91. The Balaban J connectivity index is 1.59. The lowest BCUT2D eigenvalue weighted by Crippen LogP contribution is -2.49. The summed E-state index contributed by atoms with van der Waals surface area (Å²) in [5.41, 5.74) is 1.26. The Morgan fingerprint density at radius 1 is 1.23 bits per heavy atom. The highest BCUT2D eigenvalue weighted by molar-refractivity contribution is 5.74. The smallest absolute Gasteiger partial charge is 0.219 e. The summed E-state index contributed by atoms with van der Waals surface area (Å²) in [5.74, 6) is 0.273. The Morgan fingerprint density at radius 2 is 1.95 bits per heavy atom. The monoisotopic (exact) mass is 304 g/mol. The number of carbonyl (C=O) groups excluding carboxylic acids is 1. The topological polar surface area (TPSA) is 41.4 Å². The maximum atomic E-state index is 12.1. The molecule has 1 aliphatic heterocycles. The third kappa shape index (κ3) is 3.35. The van der Waals surface area contributed by atoms with Crippen molar-refractivity contribution in [3.05, 3.63) is 18.0 Å². The molecule has 1 aromatic rings. The SMILES string of the molecule is CC(=O)N(C1CCC1)[C@@H]1CCCN(Cc2ccnn2C)CC1. The van der Waals surface area contributed by atoms with Gasteiger partial charge in [-0.1, -0.05) is 0 Å². The van der Waals surface area contributed by atoms with E-state index in [0.29, 0.717) is 12.1 Å². The van der Waals surface area contributed by atoms with Crippen LogP contribution in [0.2, 0.25) is 0 Å². The first-order valence-electron chi connectivity index (χ1n) is 8.63. The fourth-order valence-corrected chi connectivity index (χ4v) is 3.84. The van der Waals surface area contributed by atoms with Crippen LogP contribution in [0.3, 0.4) is 0 Å². The second-order valence-corrected chi connectivity index (χ2v) is 6.82. The lowest BCUT2D eigenvalue weighted by molar-refractivity contribution is -0.136. The molecule has 1 amide bonds. The molecule has 1 saturated heterocycles. The first-order valence-corrected chi connectivity index (χ1v) is 8.63. The van der Waals surface area contributed by atoms with Crippen molar-refractivity contribution in [2.75, 3.05) is 13.1 Å². The van der Waals surface area contributed by atoms with Crippen LogP contribution in [0, 0.1) is 0 Å². The average molecular weight is 304 g/mol. The fourth-order valence-electron chi connectivity index (χ4n) is 3.84. The van der Waals surface area contributed by atoms with Crippen LogP contribution in [0.4, 0.5) is 0 Å². The highest BCUT2D eigenvalue weighted by atomic mass is 16.2. The number of carbonyl (C=O) groups is 1. The van der Waals surface area contributed by atoms with E-state index in [1.807, 2.05) is 17.9 Å². The predicted molar refractivity (Wildman–Crippen MR) is 86.3 cm³/mol. The number of likely N-dealkylation sites (tertiary alicyclic amines) is 1. The summed E-state index contributed by atoms with van der Waals surface area (Å²) in [6, 6.07) is 3.06. The molecule has 1 atom stereocenters. The molecular weight excluding hydrogens is 276 g/mol. The number of nitrogens with zero attached hydrogens (tertiary/aromatic N) is 4. The number of rotatable bonds is 4. The standard InChI is InChI=1S/C17H28N4O/c1-14(22)21(15-5-3-6-15)16-7-4-11-20(12-9-16)13-17-8-10-18-19(17)2/h8,10,15-16H,3-7,9,11-13H2,1-2H3/t16-/m1/s1. The van der Waals surface area contributed by atoms with Crippen molar-refractivity contribution in [3.63, 3.8) is 0 Å². The second kappa shape index (κ2) is 6.82. The Hall–Kier alpha value is -1.36. The molecule has 3 rings (SSSR count). The van der Waals surface area contributed by atoms with Crippen molar-refractivity contribution in [2.24, 2.45) is 7.05 Å². The van der Waals surface area contributed by atoms with Crippen LogP contribution in [-0.2, 0) is 18.4 Å². The lowest BCUT2D eigenvalue weighted by atomic mass is 9.89. The van der Waals surface area contributed by atoms with Gasteiger partial charge in [-0.3, -0.25) is 14.4 Å². The van der Waals surface area contributed by atoms with Gasteiger partial charge in [-0.05, 0) is 51.1 Å². The number of aryl methyl sites for hydroxylation is 1. The number of amides is 1. The van der Waals surface area contributed by atoms with E-state index in [4.69, 9.17) is 0 Å². The average Bonchev–Trinajstić information content (AvgIpc) is 2.70. The molecule has 5 nitrogen and oxygen atoms in total. The number of hydrogen-bond acceptors (Lipinski definition) is 3. The zero-order valence-electron chi connectivity index (χ0n) is 13.9. The molecule has 1 aliphatic carbocycles. The van der Waals surface area contributed by atoms with Gasteiger partial charge in [-0.25, -0.2) is 0 Å². The van der Waals surface area contributed by atoms with Crippen LogP contribution >= 0.6 is 0 Å². The van der Waals surface area contributed by atoms with Gasteiger partial charge >= 0.3 is 0 Å². The van der Waals surface area contributed by atoms with Gasteiger partial charge in [-0.15, -0.1) is 0 Å². The molecule has 22 heavy (non-hydrogen) atoms. The van der Waals surface area contributed by atoms with Crippen LogP contribution in [0.5, 0.6) is 0 Å². The molecular formula is C17H28N4O. The lowest BCUT2D eigenvalue weighted by Gasteiger charge is -2.42. The van der Waals surface area contributed by atoms with Gasteiger partial charge in [0.05, 0.1) is 5.69 Å². The molecule has 0 N–H and O–H groups in total. The molecule has 0 radical (unpaired) electrons. The Labute approximate surface area is 133 Å². The summed E-state index contributed by atoms with van der Waals surface area (Å²) < 4.78 is 1.96. The van der Waals surface area contributed by atoms with E-state index in [0.717, 1.165) is 32.5 Å². The molecule has 122 valence electrons. The van der Waals surface area contributed by atoms with E-state index in [-0.39, 0.29) is 5.91 Å². The van der Waals surface area contributed by atoms with E-state index in [2.05, 4.69) is 21.0 Å². The molecule has 0 bridgehead atoms. The van der Waals surface area contributed by atoms with Crippen molar-refractivity contribution < 1.29 is 4.79 Å². The minimum absolute atomic E-state index is 0.273. The molecule has 0 unspecified atom stereocenters. The second-order valence-electron chi connectivity index (χ2n) is 6.82. The van der Waals surface area contributed by atoms with Crippen molar-refractivity contribution >= 4 is 5.91 Å². The summed E-state index contributed by atoms with van der Waals surface area (Å²) in [7, 11) is 2.00. The summed E-state index contributed by atoms with van der Waals surface area (Å²) in [6.07, 6.45) is 8.99. The molecule has 5 heteroatoms. The van der Waals surface area contributed by atoms with Crippen LogP contribution < -0.4 is 0 Å². The van der Waals surface area contributed by atoms with Gasteiger partial charge in [0.15, 0.2) is 0 Å². The molecule has 0 spiro atoms. The van der Waals surface area contributed by atoms with Gasteiger partial charge in [-0.2, -0.15) is 5.10 Å². The Bertz CT molecular complexity index is 509. The molecule has 1 aromatic heterocycles. The maximum Gasteiger partial charge on any atom is 0.219 e. The third-order valence-corrected chi connectivity index (χ3v) is 5.32. The zero-order valence-corrected chi connectivity index (χ0v) is 13.9. The van der Waals surface area contributed by atoms with Crippen molar-refractivity contribution in [3.8, 4) is 0 Å². The van der Waals surface area contributed by atoms with Gasteiger partial charge in [0.1, 0.15) is 0 Å². The Kier molecular flexibility index (Phi) is 4.81. The largest absolute Gasteiger partial charge is 0.337 e. The quantitative estimate of drug-likeness (QED) is 0.856. The number of aromatic nitrogens is 2. The van der Waals surface area contributed by atoms with Gasteiger partial charge in [0.2, 0.25) is 5.91 Å². The van der Waals surface area contributed by atoms with Gasteiger partial charge in [0.25, 0.3) is 0 Å². The summed E-state index contributed by atoms with van der Waals surface area (Å²) in [5, 5.41) is 4.25. The molecule has 0 aromatic carbocycles. The predicted octanol–water partition coefficient (Wildman–Crippen LogP) is 2.18. The van der Waals surface area contributed by atoms with Gasteiger partial charge in [0, 0.05) is 45.3 Å². The zero-order chi connectivity index (χ0) is 15.5. The fraction of sp³-hybridized carbons (Fsp3) is 0.765. The third-order valence-electron chi connectivity index (χ3n) is 5.32. The first kappa shape index (κ1) is 15.5. The maximum absolute atomic E-state index is 12.1. The highest BCUT2D eigenvalue weighted by Gasteiger charge is 2.33. The minimum Gasteiger partial charge on any atom is -0.337 e. The van der Waals surface area contributed by atoms with Crippen LogP contribution in [0.25, 0.3) is 0 Å². The van der Waals surface area contributed by atoms with E-state index < -0.39 is 0 Å². The van der Waals surface area contributed by atoms with E-state index in [9.17, 15) is 4.79 Å². The van der Waals surface area contributed by atoms with Crippen molar-refractivity contribution in [1.29, 1.82) is 0 Å². The van der Waals surface area contributed by atoms with Gasteiger partial charge < -0.3 is 4.90 Å². The molecule has 1 saturated carbocycles. The molecule has 2 aliphatic rings. The van der Waals surface area contributed by atoms with Crippen molar-refractivity contribution in [2.45, 2.75) is 64.1 Å². The summed E-state index contributed by atoms with van der Waals surface area (Å²) in [4.78, 5) is 16.8. The van der Waals surface area contributed by atoms with Crippen molar-refractivity contribution in [1.82, 2.24) is 19.6 Å². The van der Waals surface area contributed by atoms with Crippen LogP contribution in [0.1, 0.15) is 51.1 Å². The minimum atomic E-state index is 0.273. The van der Waals surface area contributed by atoms with E-state index in [1.165, 1.54) is 31.4 Å². The summed E-state index contributed by atoms with van der Waals surface area (Å²) >= 11 is 0. The first-order chi connectivity index (χ1) is 10.6. The van der Waals surface area contributed by atoms with E-state index in [1.54, 1.807) is 6.92 Å². The normalized spacial score (nSPS) is 23.8. The highest BCUT2D eigenvalue weighted by Crippen LogP contribution is 2.30. The van der Waals surface area contributed by atoms with E-state index >= 15 is 0 Å². The Morgan fingerprint density at radius 3 is 2.55 bits per heavy atom. The molecule has 2 heterocycles. The molecule has 2 fully saturated rings. The number of hydrogen-bond donors (Lipinski definition) is 0. The van der Waals surface area contributed by atoms with Crippen LogP contribution in [-0.4, -0.2) is 50.7 Å².